The summed E-state index contributed by atoms with van der Waals surface area (Å²) < 4.78 is 1.97. The molecule has 0 spiro atoms. The van der Waals surface area contributed by atoms with Crippen molar-refractivity contribution in [1.29, 1.82) is 0 Å². The number of hydrogen-bond donors (Lipinski definition) is 2. The first-order chi connectivity index (χ1) is 13.5. The molecule has 0 radical (unpaired) electrons. The monoisotopic (exact) mass is 530 g/mol. The number of aromatic nitrogens is 2. The van der Waals surface area contributed by atoms with Crippen LogP contribution in [0.2, 0.25) is 0 Å². The van der Waals surface area contributed by atoms with E-state index < -0.39 is 0 Å². The zero-order valence-corrected chi connectivity index (χ0v) is 21.4. The van der Waals surface area contributed by atoms with Gasteiger partial charge in [-0.2, -0.15) is 5.10 Å². The van der Waals surface area contributed by atoms with Crippen molar-refractivity contribution in [2.24, 2.45) is 12.0 Å². The van der Waals surface area contributed by atoms with Crippen molar-refractivity contribution in [2.45, 2.75) is 53.1 Å². The van der Waals surface area contributed by atoms with Crippen LogP contribution in [0.15, 0.2) is 16.4 Å². The Balaban J connectivity index is 0.00000300. The molecule has 3 rings (SSSR count). The van der Waals surface area contributed by atoms with Gasteiger partial charge in [0.15, 0.2) is 5.96 Å². The SMILES string of the molecule is CCNC(=NCCN1CCc2sccc2C1)NC(C)Cc1c(C)nn(C)c1C.I. The van der Waals surface area contributed by atoms with Crippen molar-refractivity contribution >= 4 is 41.3 Å². The molecule has 1 unspecified atom stereocenters. The highest BCUT2D eigenvalue weighted by Crippen LogP contribution is 2.23. The number of halogens is 1. The van der Waals surface area contributed by atoms with Gasteiger partial charge in [-0.1, -0.05) is 0 Å². The quantitative estimate of drug-likeness (QED) is 0.328. The van der Waals surface area contributed by atoms with Crippen LogP contribution in [0.5, 0.6) is 0 Å². The van der Waals surface area contributed by atoms with E-state index in [1.807, 2.05) is 23.1 Å². The summed E-state index contributed by atoms with van der Waals surface area (Å²) in [5.41, 5.74) is 5.19. The Hall–Kier alpha value is -1.13. The summed E-state index contributed by atoms with van der Waals surface area (Å²) in [5, 5.41) is 13.7. The summed E-state index contributed by atoms with van der Waals surface area (Å²) in [5.74, 6) is 0.905. The number of aryl methyl sites for hydroxylation is 2. The van der Waals surface area contributed by atoms with Crippen molar-refractivity contribution in [1.82, 2.24) is 25.3 Å². The summed E-state index contributed by atoms with van der Waals surface area (Å²) >= 11 is 1.89. The number of hydrogen-bond acceptors (Lipinski definition) is 4. The van der Waals surface area contributed by atoms with Gasteiger partial charge in [0.2, 0.25) is 0 Å². The highest BCUT2D eigenvalue weighted by molar-refractivity contribution is 14.0. The molecule has 0 aliphatic carbocycles. The summed E-state index contributed by atoms with van der Waals surface area (Å²) in [6.07, 6.45) is 2.12. The third-order valence-electron chi connectivity index (χ3n) is 5.47. The van der Waals surface area contributed by atoms with Crippen LogP contribution in [0.4, 0.5) is 0 Å². The Morgan fingerprint density at radius 3 is 2.86 bits per heavy atom. The average Bonchev–Trinajstić information content (AvgIpc) is 3.21. The zero-order valence-electron chi connectivity index (χ0n) is 18.3. The van der Waals surface area contributed by atoms with Crippen molar-refractivity contribution in [3.8, 4) is 0 Å². The standard InChI is InChI=1S/C21H34N6S.HI/c1-6-22-21(24-15(2)13-19-16(3)25-26(5)17(19)4)23-9-11-27-10-7-20-18(14-27)8-12-28-20;/h8,12,15H,6-7,9-11,13-14H2,1-5H3,(H2,22,23,24);1H. The molecule has 8 heteroatoms. The summed E-state index contributed by atoms with van der Waals surface area (Å²) in [7, 11) is 2.01. The highest BCUT2D eigenvalue weighted by Gasteiger charge is 2.17. The molecule has 1 atom stereocenters. The Bertz CT molecular complexity index is 812. The topological polar surface area (TPSA) is 57.5 Å². The number of guanidine groups is 1. The predicted molar refractivity (Wildman–Crippen MR) is 134 cm³/mol. The second-order valence-electron chi connectivity index (χ2n) is 7.68. The van der Waals surface area contributed by atoms with Gasteiger partial charge in [0, 0.05) is 49.8 Å². The highest BCUT2D eigenvalue weighted by atomic mass is 127. The van der Waals surface area contributed by atoms with Gasteiger partial charge in [-0.3, -0.25) is 14.6 Å². The molecular formula is C21H35IN6S. The fourth-order valence-corrected chi connectivity index (χ4v) is 4.71. The maximum Gasteiger partial charge on any atom is 0.191 e. The fraction of sp³-hybridized carbons (Fsp3) is 0.619. The molecule has 2 aromatic rings. The van der Waals surface area contributed by atoms with Gasteiger partial charge in [-0.05, 0) is 63.1 Å². The lowest BCUT2D eigenvalue weighted by Gasteiger charge is -2.26. The molecule has 6 nitrogen and oxygen atoms in total. The van der Waals surface area contributed by atoms with Gasteiger partial charge < -0.3 is 10.6 Å². The average molecular weight is 531 g/mol. The van der Waals surface area contributed by atoms with E-state index >= 15 is 0 Å². The number of nitrogens with zero attached hydrogens (tertiary/aromatic N) is 4. The van der Waals surface area contributed by atoms with E-state index in [1.54, 1.807) is 4.88 Å². The maximum atomic E-state index is 4.82. The Labute approximate surface area is 196 Å². The minimum Gasteiger partial charge on any atom is -0.357 e. The third-order valence-corrected chi connectivity index (χ3v) is 6.49. The van der Waals surface area contributed by atoms with E-state index in [0.717, 1.165) is 50.8 Å². The van der Waals surface area contributed by atoms with Gasteiger partial charge in [-0.15, -0.1) is 35.3 Å². The van der Waals surface area contributed by atoms with Crippen LogP contribution in [0.3, 0.4) is 0 Å². The van der Waals surface area contributed by atoms with E-state index in [-0.39, 0.29) is 24.0 Å². The molecule has 0 fully saturated rings. The Morgan fingerprint density at radius 2 is 2.17 bits per heavy atom. The first-order valence-electron chi connectivity index (χ1n) is 10.3. The molecular weight excluding hydrogens is 495 g/mol. The summed E-state index contributed by atoms with van der Waals surface area (Å²) in [6, 6.07) is 2.56. The summed E-state index contributed by atoms with van der Waals surface area (Å²) in [4.78, 5) is 8.89. The lowest BCUT2D eigenvalue weighted by Crippen LogP contribution is -2.43. The van der Waals surface area contributed by atoms with Crippen LogP contribution in [0, 0.1) is 13.8 Å². The van der Waals surface area contributed by atoms with Crippen molar-refractivity contribution in [2.75, 3.05) is 26.2 Å². The smallest absolute Gasteiger partial charge is 0.191 e. The first-order valence-corrected chi connectivity index (χ1v) is 11.2. The second-order valence-corrected chi connectivity index (χ2v) is 8.68. The molecule has 1 aliphatic rings. The number of nitrogens with one attached hydrogen (secondary N) is 2. The normalized spacial score (nSPS) is 15.6. The van der Waals surface area contributed by atoms with Crippen LogP contribution in [-0.2, 0) is 26.4 Å². The molecule has 2 N–H and O–H groups in total. The molecule has 0 saturated carbocycles. The number of thiophene rings is 1. The molecule has 3 heterocycles. The van der Waals surface area contributed by atoms with Gasteiger partial charge in [0.1, 0.15) is 0 Å². The fourth-order valence-electron chi connectivity index (χ4n) is 3.82. The second kappa shape index (κ2) is 11.3. The van der Waals surface area contributed by atoms with Gasteiger partial charge in [-0.25, -0.2) is 0 Å². The number of aliphatic imine (C=N–C) groups is 1. The Kier molecular flexibility index (Phi) is 9.42. The van der Waals surface area contributed by atoms with Crippen LogP contribution in [0.25, 0.3) is 0 Å². The molecule has 162 valence electrons. The minimum atomic E-state index is 0. The Morgan fingerprint density at radius 1 is 1.38 bits per heavy atom. The van der Waals surface area contributed by atoms with Crippen molar-refractivity contribution < 1.29 is 0 Å². The molecule has 0 aromatic carbocycles. The lowest BCUT2D eigenvalue weighted by atomic mass is 10.1. The molecule has 0 amide bonds. The first kappa shape index (κ1) is 24.1. The van der Waals surface area contributed by atoms with Gasteiger partial charge in [0.25, 0.3) is 0 Å². The van der Waals surface area contributed by atoms with Crippen LogP contribution >= 0.6 is 35.3 Å². The number of fused-ring (bicyclic) bond motifs is 1. The zero-order chi connectivity index (χ0) is 20.1. The predicted octanol–water partition coefficient (Wildman–Crippen LogP) is 3.26. The molecule has 0 bridgehead atoms. The summed E-state index contributed by atoms with van der Waals surface area (Å²) in [6.45, 7) is 13.4. The van der Waals surface area contributed by atoms with Crippen molar-refractivity contribution in [3.63, 3.8) is 0 Å². The van der Waals surface area contributed by atoms with E-state index in [4.69, 9.17) is 4.99 Å². The van der Waals surface area contributed by atoms with Crippen LogP contribution in [0.1, 0.15) is 41.2 Å². The van der Waals surface area contributed by atoms with Gasteiger partial charge in [0.05, 0.1) is 12.2 Å². The molecule has 1 aliphatic heterocycles. The molecule has 29 heavy (non-hydrogen) atoms. The van der Waals surface area contributed by atoms with E-state index in [1.165, 1.54) is 23.2 Å². The molecule has 0 saturated heterocycles. The van der Waals surface area contributed by atoms with E-state index in [0.29, 0.717) is 6.04 Å². The van der Waals surface area contributed by atoms with Gasteiger partial charge >= 0.3 is 0 Å². The largest absolute Gasteiger partial charge is 0.357 e. The van der Waals surface area contributed by atoms with Crippen LogP contribution < -0.4 is 10.6 Å². The third kappa shape index (κ3) is 6.42. The lowest BCUT2D eigenvalue weighted by molar-refractivity contribution is 0.263. The maximum absolute atomic E-state index is 4.82. The minimum absolute atomic E-state index is 0. The molecule has 2 aromatic heterocycles. The number of rotatable bonds is 7. The van der Waals surface area contributed by atoms with E-state index in [2.05, 4.69) is 59.8 Å². The van der Waals surface area contributed by atoms with E-state index in [9.17, 15) is 0 Å². The van der Waals surface area contributed by atoms with Crippen molar-refractivity contribution in [3.05, 3.63) is 38.8 Å². The van der Waals surface area contributed by atoms with Crippen LogP contribution in [-0.4, -0.2) is 52.9 Å².